The maximum absolute atomic E-state index is 5.37. The van der Waals surface area contributed by atoms with E-state index in [0.29, 0.717) is 0 Å². The Balaban J connectivity index is 2.30. The van der Waals surface area contributed by atoms with Gasteiger partial charge in [0.1, 0.15) is 5.76 Å². The van der Waals surface area contributed by atoms with Gasteiger partial charge in [-0.1, -0.05) is 44.2 Å². The molecule has 0 aliphatic carbocycles. The average Bonchev–Trinajstić information content (AvgIpc) is 2.82. The fourth-order valence-electron chi connectivity index (χ4n) is 1.79. The molecule has 1 aromatic carbocycles. The number of furan rings is 1. The Morgan fingerprint density at radius 1 is 1.12 bits per heavy atom. The second-order valence-electron chi connectivity index (χ2n) is 4.59. The molecule has 2 heteroatoms. The van der Waals surface area contributed by atoms with Gasteiger partial charge >= 0.3 is 0 Å². The van der Waals surface area contributed by atoms with E-state index < -0.39 is 0 Å². The summed E-state index contributed by atoms with van der Waals surface area (Å²) in [5, 5.41) is 1.79. The van der Waals surface area contributed by atoms with Crippen molar-refractivity contribution in [1.29, 1.82) is 0 Å². The fourth-order valence-corrected chi connectivity index (χ4v) is 2.16. The molecule has 0 amide bonds. The predicted molar refractivity (Wildman–Crippen MR) is 75.3 cm³/mol. The molecular weight excluding hydrogens is 228 g/mol. The fraction of sp³-hybridized carbons (Fsp3) is 0.200. The molecule has 0 bridgehead atoms. The van der Waals surface area contributed by atoms with Gasteiger partial charge in [-0.05, 0) is 23.1 Å². The molecule has 2 aromatic rings. The van der Waals surface area contributed by atoms with Crippen molar-refractivity contribution in [3.8, 4) is 11.3 Å². The van der Waals surface area contributed by atoms with Gasteiger partial charge in [0.05, 0.1) is 6.26 Å². The summed E-state index contributed by atoms with van der Waals surface area (Å²) in [6.45, 7) is 4.34. The number of benzene rings is 1. The van der Waals surface area contributed by atoms with Crippen LogP contribution in [0.2, 0.25) is 0 Å². The Hall–Kier alpha value is -1.41. The van der Waals surface area contributed by atoms with Crippen molar-refractivity contribution in [3.05, 3.63) is 59.7 Å². The third-order valence-electron chi connectivity index (χ3n) is 2.93. The molecule has 0 spiro atoms. The van der Waals surface area contributed by atoms with Gasteiger partial charge in [0, 0.05) is 11.0 Å². The third kappa shape index (κ3) is 2.64. The first kappa shape index (κ1) is 12.1. The van der Waals surface area contributed by atoms with E-state index in [9.17, 15) is 0 Å². The molecule has 17 heavy (non-hydrogen) atoms. The van der Waals surface area contributed by atoms with Gasteiger partial charge in [-0.15, -0.1) is 0 Å². The first-order valence-corrected chi connectivity index (χ1v) is 6.11. The lowest BCUT2D eigenvalue weighted by Crippen LogP contribution is -2.12. The van der Waals surface area contributed by atoms with Crippen LogP contribution in [0.5, 0.6) is 0 Å². The quantitative estimate of drug-likeness (QED) is 0.774. The van der Waals surface area contributed by atoms with Crippen LogP contribution in [0, 0.1) is 0 Å². The lowest BCUT2D eigenvalue weighted by atomic mass is 9.84. The van der Waals surface area contributed by atoms with E-state index in [2.05, 4.69) is 56.8 Å². The molecule has 2 rings (SSSR count). The highest BCUT2D eigenvalue weighted by Gasteiger charge is 2.16. The van der Waals surface area contributed by atoms with Crippen molar-refractivity contribution in [1.82, 2.24) is 0 Å². The number of allylic oxidation sites excluding steroid dienone is 1. The minimum absolute atomic E-state index is 0.00342. The van der Waals surface area contributed by atoms with Crippen molar-refractivity contribution in [3.63, 3.8) is 0 Å². The summed E-state index contributed by atoms with van der Waals surface area (Å²) >= 11 is 4.14. The molecule has 1 nitrogen and oxygen atoms in total. The summed E-state index contributed by atoms with van der Waals surface area (Å²) in [4.78, 5) is 0. The maximum Gasteiger partial charge on any atom is 0.133 e. The standard InChI is InChI=1S/C15H16OS/c1-15(2,9-11-17)13-7-5-12(6-8-13)14-4-3-10-16-14/h3-11,17H,1-2H3/b11-9+. The Kier molecular flexibility index (Phi) is 3.43. The molecule has 0 saturated heterocycles. The Morgan fingerprint density at radius 3 is 2.35 bits per heavy atom. The number of rotatable bonds is 3. The highest BCUT2D eigenvalue weighted by atomic mass is 32.1. The Morgan fingerprint density at radius 2 is 1.82 bits per heavy atom. The first-order chi connectivity index (χ1) is 8.13. The van der Waals surface area contributed by atoms with Crippen LogP contribution in [0.25, 0.3) is 11.3 Å². The van der Waals surface area contributed by atoms with Crippen LogP contribution in [-0.2, 0) is 5.41 Å². The van der Waals surface area contributed by atoms with Crippen LogP contribution in [0.15, 0.2) is 58.6 Å². The molecule has 0 radical (unpaired) electrons. The van der Waals surface area contributed by atoms with E-state index in [1.165, 1.54) is 5.56 Å². The van der Waals surface area contributed by atoms with Gasteiger partial charge in [0.15, 0.2) is 0 Å². The van der Waals surface area contributed by atoms with E-state index in [0.717, 1.165) is 11.3 Å². The Labute approximate surface area is 108 Å². The van der Waals surface area contributed by atoms with Gasteiger partial charge in [-0.25, -0.2) is 0 Å². The topological polar surface area (TPSA) is 13.1 Å². The summed E-state index contributed by atoms with van der Waals surface area (Å²) in [6, 6.07) is 12.3. The summed E-state index contributed by atoms with van der Waals surface area (Å²) in [7, 11) is 0. The lowest BCUT2D eigenvalue weighted by molar-refractivity contribution is 0.582. The van der Waals surface area contributed by atoms with E-state index in [4.69, 9.17) is 4.42 Å². The highest BCUT2D eigenvalue weighted by Crippen LogP contribution is 2.28. The minimum Gasteiger partial charge on any atom is -0.464 e. The summed E-state index contributed by atoms with van der Waals surface area (Å²) in [5.74, 6) is 0.902. The molecule has 0 atom stereocenters. The molecule has 0 N–H and O–H groups in total. The maximum atomic E-state index is 5.37. The highest BCUT2D eigenvalue weighted by molar-refractivity contribution is 7.83. The van der Waals surface area contributed by atoms with Crippen molar-refractivity contribution in [2.24, 2.45) is 0 Å². The summed E-state index contributed by atoms with van der Waals surface area (Å²) < 4.78 is 5.37. The summed E-state index contributed by atoms with van der Waals surface area (Å²) in [5.41, 5.74) is 2.37. The van der Waals surface area contributed by atoms with E-state index in [-0.39, 0.29) is 5.41 Å². The zero-order chi connectivity index (χ0) is 12.3. The molecule has 0 fully saturated rings. The van der Waals surface area contributed by atoms with Crippen LogP contribution < -0.4 is 0 Å². The second-order valence-corrected chi connectivity index (χ2v) is 4.89. The lowest BCUT2D eigenvalue weighted by Gasteiger charge is -2.20. The van der Waals surface area contributed by atoms with Crippen molar-refractivity contribution >= 4 is 12.6 Å². The molecule has 0 saturated carbocycles. The predicted octanol–water partition coefficient (Wildman–Crippen LogP) is 4.67. The molecule has 1 heterocycles. The van der Waals surface area contributed by atoms with Crippen LogP contribution >= 0.6 is 12.6 Å². The van der Waals surface area contributed by atoms with Crippen LogP contribution in [0.3, 0.4) is 0 Å². The van der Waals surface area contributed by atoms with Gasteiger partial charge < -0.3 is 4.42 Å². The minimum atomic E-state index is 0.00342. The smallest absolute Gasteiger partial charge is 0.133 e. The monoisotopic (exact) mass is 244 g/mol. The first-order valence-electron chi connectivity index (χ1n) is 5.60. The van der Waals surface area contributed by atoms with Crippen LogP contribution in [-0.4, -0.2) is 0 Å². The van der Waals surface area contributed by atoms with Gasteiger partial charge in [-0.3, -0.25) is 0 Å². The molecule has 0 unspecified atom stereocenters. The number of thiol groups is 1. The number of hydrogen-bond acceptors (Lipinski definition) is 2. The SMILES string of the molecule is CC(C)(/C=C/S)c1ccc(-c2ccco2)cc1. The average molecular weight is 244 g/mol. The van der Waals surface area contributed by atoms with Gasteiger partial charge in [0.25, 0.3) is 0 Å². The third-order valence-corrected chi connectivity index (χ3v) is 3.07. The molecule has 88 valence electrons. The second kappa shape index (κ2) is 4.84. The van der Waals surface area contributed by atoms with E-state index in [1.54, 1.807) is 11.7 Å². The van der Waals surface area contributed by atoms with Crippen molar-refractivity contribution < 1.29 is 4.42 Å². The zero-order valence-electron chi connectivity index (χ0n) is 10.1. The molecular formula is C15H16OS. The molecule has 1 aromatic heterocycles. The van der Waals surface area contributed by atoms with E-state index >= 15 is 0 Å². The van der Waals surface area contributed by atoms with Crippen molar-refractivity contribution in [2.75, 3.05) is 0 Å². The zero-order valence-corrected chi connectivity index (χ0v) is 10.9. The molecule has 0 aliphatic rings. The Bertz CT molecular complexity index is 492. The van der Waals surface area contributed by atoms with Gasteiger partial charge in [-0.2, -0.15) is 12.6 Å². The summed E-state index contributed by atoms with van der Waals surface area (Å²) in [6.07, 6.45) is 3.77. The van der Waals surface area contributed by atoms with Crippen LogP contribution in [0.1, 0.15) is 19.4 Å². The van der Waals surface area contributed by atoms with Crippen LogP contribution in [0.4, 0.5) is 0 Å². The normalized spacial score (nSPS) is 12.2. The van der Waals surface area contributed by atoms with E-state index in [1.807, 2.05) is 12.1 Å². The largest absolute Gasteiger partial charge is 0.464 e. The number of hydrogen-bond donors (Lipinski definition) is 1. The van der Waals surface area contributed by atoms with Gasteiger partial charge in [0.2, 0.25) is 0 Å². The molecule has 0 aliphatic heterocycles. The van der Waals surface area contributed by atoms with Crippen molar-refractivity contribution in [2.45, 2.75) is 19.3 Å².